The summed E-state index contributed by atoms with van der Waals surface area (Å²) in [5.74, 6) is -1.10. The van der Waals surface area contributed by atoms with Crippen LogP contribution in [-0.2, 0) is 4.74 Å². The van der Waals surface area contributed by atoms with Gasteiger partial charge in [0.25, 0.3) is 11.8 Å². The van der Waals surface area contributed by atoms with Gasteiger partial charge in [-0.3, -0.25) is 9.59 Å². The lowest BCUT2D eigenvalue weighted by Gasteiger charge is -2.09. The van der Waals surface area contributed by atoms with Crippen LogP contribution in [0.3, 0.4) is 0 Å². The van der Waals surface area contributed by atoms with E-state index in [4.69, 9.17) is 4.74 Å². The Labute approximate surface area is 168 Å². The van der Waals surface area contributed by atoms with Gasteiger partial charge in [0, 0.05) is 23.9 Å². The number of amides is 2. The van der Waals surface area contributed by atoms with Crippen LogP contribution in [0.25, 0.3) is 0 Å². The Morgan fingerprint density at radius 1 is 1.31 bits per heavy atom. The van der Waals surface area contributed by atoms with Gasteiger partial charge in [0.05, 0.1) is 21.9 Å². The van der Waals surface area contributed by atoms with Crippen LogP contribution >= 0.6 is 38.6 Å². The molecular formula is C17H19BrN2O4S2. The standard InChI is InChI=1S/C17H19BrN2O4S2/c1-5-6-24-17(23)12-9(2)13(16(22)20(3)4)26-15(12)19-14(21)11-7-10(18)8-25-11/h7-8H,5-6H2,1-4H3,(H,19,21). The van der Waals surface area contributed by atoms with Crippen LogP contribution in [0.5, 0.6) is 0 Å². The van der Waals surface area contributed by atoms with Crippen LogP contribution in [0.2, 0.25) is 0 Å². The molecule has 2 heterocycles. The van der Waals surface area contributed by atoms with Crippen molar-refractivity contribution >= 4 is 61.4 Å². The molecule has 2 aromatic heterocycles. The molecule has 0 radical (unpaired) electrons. The second-order valence-electron chi connectivity index (χ2n) is 5.68. The van der Waals surface area contributed by atoms with Gasteiger partial charge in [0.15, 0.2) is 0 Å². The van der Waals surface area contributed by atoms with E-state index in [-0.39, 0.29) is 24.0 Å². The Kier molecular flexibility index (Phi) is 6.96. The van der Waals surface area contributed by atoms with Gasteiger partial charge in [0.2, 0.25) is 0 Å². The number of nitrogens with one attached hydrogen (secondary N) is 1. The molecule has 0 aromatic carbocycles. The molecule has 2 aromatic rings. The molecule has 0 saturated carbocycles. The van der Waals surface area contributed by atoms with Crippen LogP contribution < -0.4 is 5.32 Å². The SMILES string of the molecule is CCCOC(=O)c1c(NC(=O)c2cc(Br)cs2)sc(C(=O)N(C)C)c1C. The van der Waals surface area contributed by atoms with Gasteiger partial charge in [-0.05, 0) is 40.9 Å². The van der Waals surface area contributed by atoms with Gasteiger partial charge in [0.1, 0.15) is 5.00 Å². The minimum Gasteiger partial charge on any atom is -0.462 e. The number of esters is 1. The van der Waals surface area contributed by atoms with Crippen LogP contribution in [0.4, 0.5) is 5.00 Å². The molecule has 0 fully saturated rings. The smallest absolute Gasteiger partial charge is 0.341 e. The number of carbonyl (C=O) groups is 3. The quantitative estimate of drug-likeness (QED) is 0.650. The van der Waals surface area contributed by atoms with Crippen molar-refractivity contribution in [1.29, 1.82) is 0 Å². The second kappa shape index (κ2) is 8.79. The zero-order chi connectivity index (χ0) is 19.4. The third-order valence-corrected chi connectivity index (χ3v) is 6.29. The number of hydrogen-bond acceptors (Lipinski definition) is 6. The predicted molar refractivity (Wildman–Crippen MR) is 108 cm³/mol. The zero-order valence-corrected chi connectivity index (χ0v) is 18.1. The maximum atomic E-state index is 12.5. The molecule has 1 N–H and O–H groups in total. The molecule has 0 spiro atoms. The van der Waals surface area contributed by atoms with Crippen LogP contribution in [0.1, 0.15) is 48.6 Å². The highest BCUT2D eigenvalue weighted by Gasteiger charge is 2.27. The van der Waals surface area contributed by atoms with E-state index in [0.29, 0.717) is 26.7 Å². The summed E-state index contributed by atoms with van der Waals surface area (Å²) in [5.41, 5.74) is 0.745. The van der Waals surface area contributed by atoms with Crippen LogP contribution in [-0.4, -0.2) is 43.4 Å². The topological polar surface area (TPSA) is 75.7 Å². The molecule has 0 atom stereocenters. The fourth-order valence-corrected chi connectivity index (χ4v) is 4.65. The number of rotatable bonds is 6. The molecule has 6 nitrogen and oxygen atoms in total. The van der Waals surface area contributed by atoms with E-state index in [1.807, 2.05) is 6.92 Å². The normalized spacial score (nSPS) is 10.5. The van der Waals surface area contributed by atoms with Crippen molar-refractivity contribution in [1.82, 2.24) is 4.90 Å². The molecule has 0 unspecified atom stereocenters. The van der Waals surface area contributed by atoms with Crippen LogP contribution in [0.15, 0.2) is 15.9 Å². The summed E-state index contributed by atoms with van der Waals surface area (Å²) in [4.78, 5) is 39.7. The van der Waals surface area contributed by atoms with Crippen molar-refractivity contribution in [2.45, 2.75) is 20.3 Å². The molecule has 26 heavy (non-hydrogen) atoms. The molecule has 0 aliphatic rings. The minimum atomic E-state index is -0.541. The highest BCUT2D eigenvalue weighted by molar-refractivity contribution is 9.10. The van der Waals surface area contributed by atoms with Gasteiger partial charge in [-0.1, -0.05) is 6.92 Å². The van der Waals surface area contributed by atoms with E-state index in [0.717, 1.165) is 15.8 Å². The fraction of sp³-hybridized carbons (Fsp3) is 0.353. The number of thiophene rings is 2. The molecule has 0 saturated heterocycles. The molecule has 2 rings (SSSR count). The van der Waals surface area contributed by atoms with Crippen molar-refractivity contribution in [2.75, 3.05) is 26.0 Å². The summed E-state index contributed by atoms with van der Waals surface area (Å²) in [6, 6.07) is 1.70. The lowest BCUT2D eigenvalue weighted by atomic mass is 10.1. The third kappa shape index (κ3) is 4.52. The zero-order valence-electron chi connectivity index (χ0n) is 14.8. The van der Waals surface area contributed by atoms with Gasteiger partial charge in [-0.25, -0.2) is 4.79 Å². The van der Waals surface area contributed by atoms with Crippen molar-refractivity contribution in [3.8, 4) is 0 Å². The Hall–Kier alpha value is -1.71. The fourth-order valence-electron chi connectivity index (χ4n) is 2.12. The van der Waals surface area contributed by atoms with Gasteiger partial charge >= 0.3 is 5.97 Å². The Morgan fingerprint density at radius 3 is 2.54 bits per heavy atom. The minimum absolute atomic E-state index is 0.226. The number of ether oxygens (including phenoxy) is 1. The molecule has 0 bridgehead atoms. The van der Waals surface area contributed by atoms with Gasteiger partial charge < -0.3 is 15.0 Å². The first-order chi connectivity index (χ1) is 12.3. The molecule has 2 amide bonds. The third-order valence-electron chi connectivity index (χ3n) is 3.41. The average Bonchev–Trinajstić information content (AvgIpc) is 3.15. The maximum Gasteiger partial charge on any atom is 0.341 e. The summed E-state index contributed by atoms with van der Waals surface area (Å²) in [6.07, 6.45) is 0.684. The van der Waals surface area contributed by atoms with E-state index in [1.165, 1.54) is 16.2 Å². The summed E-state index contributed by atoms with van der Waals surface area (Å²) in [5, 5.41) is 4.87. The van der Waals surface area contributed by atoms with E-state index >= 15 is 0 Å². The number of halogens is 1. The summed E-state index contributed by atoms with van der Waals surface area (Å²) >= 11 is 5.68. The molecular weight excluding hydrogens is 440 g/mol. The van der Waals surface area contributed by atoms with Crippen LogP contribution in [0, 0.1) is 6.92 Å². The van der Waals surface area contributed by atoms with E-state index in [1.54, 1.807) is 32.5 Å². The Morgan fingerprint density at radius 2 is 2.00 bits per heavy atom. The molecule has 9 heteroatoms. The number of carbonyl (C=O) groups excluding carboxylic acids is 3. The number of nitrogens with zero attached hydrogens (tertiary/aromatic N) is 1. The average molecular weight is 459 g/mol. The Balaban J connectivity index is 2.41. The summed E-state index contributed by atoms with van der Waals surface area (Å²) in [6.45, 7) is 3.86. The highest BCUT2D eigenvalue weighted by Crippen LogP contribution is 2.35. The molecule has 0 aliphatic carbocycles. The van der Waals surface area contributed by atoms with E-state index in [9.17, 15) is 14.4 Å². The first kappa shape index (κ1) is 20.6. The molecule has 140 valence electrons. The highest BCUT2D eigenvalue weighted by atomic mass is 79.9. The summed E-state index contributed by atoms with van der Waals surface area (Å²) in [7, 11) is 3.27. The predicted octanol–water partition coefficient (Wildman–Crippen LogP) is 4.40. The van der Waals surface area contributed by atoms with Crippen molar-refractivity contribution in [3.63, 3.8) is 0 Å². The first-order valence-corrected chi connectivity index (χ1v) is 10.3. The number of hydrogen-bond donors (Lipinski definition) is 1. The lowest BCUT2D eigenvalue weighted by molar-refractivity contribution is 0.0506. The van der Waals surface area contributed by atoms with E-state index < -0.39 is 5.97 Å². The van der Waals surface area contributed by atoms with Gasteiger partial charge in [-0.2, -0.15) is 0 Å². The summed E-state index contributed by atoms with van der Waals surface area (Å²) < 4.78 is 6.04. The lowest BCUT2D eigenvalue weighted by Crippen LogP contribution is -2.21. The largest absolute Gasteiger partial charge is 0.462 e. The monoisotopic (exact) mass is 458 g/mol. The Bertz CT molecular complexity index is 842. The van der Waals surface area contributed by atoms with E-state index in [2.05, 4.69) is 21.2 Å². The second-order valence-corrected chi connectivity index (χ2v) is 8.53. The van der Waals surface area contributed by atoms with Crippen molar-refractivity contribution in [2.24, 2.45) is 0 Å². The maximum absolute atomic E-state index is 12.5. The molecule has 0 aliphatic heterocycles. The van der Waals surface area contributed by atoms with Crippen molar-refractivity contribution in [3.05, 3.63) is 36.8 Å². The number of anilines is 1. The van der Waals surface area contributed by atoms with Crippen molar-refractivity contribution < 1.29 is 19.1 Å². The first-order valence-electron chi connectivity index (χ1n) is 7.83. The van der Waals surface area contributed by atoms with Gasteiger partial charge in [-0.15, -0.1) is 22.7 Å².